The van der Waals surface area contributed by atoms with E-state index >= 15 is 0 Å². The van der Waals surface area contributed by atoms with Crippen LogP contribution in [-0.2, 0) is 22.7 Å². The summed E-state index contributed by atoms with van der Waals surface area (Å²) in [6.45, 7) is 1.79. The number of esters is 1. The molecule has 136 valence electrons. The van der Waals surface area contributed by atoms with E-state index in [-0.39, 0.29) is 19.8 Å². The van der Waals surface area contributed by atoms with E-state index in [1.165, 1.54) is 4.68 Å². The van der Waals surface area contributed by atoms with Gasteiger partial charge in [-0.3, -0.25) is 0 Å². The zero-order chi connectivity index (χ0) is 18.5. The predicted molar refractivity (Wildman–Crippen MR) is 90.5 cm³/mol. The van der Waals surface area contributed by atoms with Gasteiger partial charge >= 0.3 is 12.0 Å². The Bertz CT molecular complexity index is 831. The van der Waals surface area contributed by atoms with Crippen LogP contribution in [0.2, 0.25) is 0 Å². The van der Waals surface area contributed by atoms with Crippen LogP contribution in [-0.4, -0.2) is 38.7 Å². The number of aliphatic hydroxyl groups excluding tert-OH is 1. The third-order valence-electron chi connectivity index (χ3n) is 3.85. The summed E-state index contributed by atoms with van der Waals surface area (Å²) >= 11 is 0. The summed E-state index contributed by atoms with van der Waals surface area (Å²) in [6, 6.07) is 8.10. The maximum Gasteiger partial charge on any atom is 0.338 e. The molecule has 1 atom stereocenters. The number of carbonyl (C=O) groups excluding carboxylic acids is 2. The number of benzene rings is 1. The highest BCUT2D eigenvalue weighted by Gasteiger charge is 2.33. The van der Waals surface area contributed by atoms with E-state index in [4.69, 9.17) is 9.84 Å². The standard InChI is InChI=1S/C17H19N5O4/c1-2-26-16(24)14-13(9-22-8-12(10-23)20-21-22)18-17(25)19-15(14)11-6-4-3-5-7-11/h3-8,15,23H,2,9-10H2,1H3,(H2,18,19,25). The van der Waals surface area contributed by atoms with Crippen LogP contribution in [0.3, 0.4) is 0 Å². The van der Waals surface area contributed by atoms with Crippen molar-refractivity contribution in [1.29, 1.82) is 0 Å². The lowest BCUT2D eigenvalue weighted by atomic mass is 9.95. The number of amides is 2. The summed E-state index contributed by atoms with van der Waals surface area (Å²) in [5, 5.41) is 22.2. The largest absolute Gasteiger partial charge is 0.463 e. The molecular formula is C17H19N5O4. The number of hydrogen-bond donors (Lipinski definition) is 3. The summed E-state index contributed by atoms with van der Waals surface area (Å²) in [5.41, 5.74) is 1.83. The van der Waals surface area contributed by atoms with Crippen LogP contribution in [0.15, 0.2) is 47.8 Å². The second kappa shape index (κ2) is 7.79. The Morgan fingerprint density at radius 1 is 1.35 bits per heavy atom. The van der Waals surface area contributed by atoms with Gasteiger partial charge in [0.2, 0.25) is 0 Å². The molecule has 2 amide bonds. The van der Waals surface area contributed by atoms with Crippen LogP contribution in [0.1, 0.15) is 24.2 Å². The number of rotatable bonds is 6. The van der Waals surface area contributed by atoms with Gasteiger partial charge in [0.1, 0.15) is 5.69 Å². The van der Waals surface area contributed by atoms with Crippen molar-refractivity contribution in [1.82, 2.24) is 25.6 Å². The monoisotopic (exact) mass is 357 g/mol. The second-order valence-corrected chi connectivity index (χ2v) is 5.62. The third-order valence-corrected chi connectivity index (χ3v) is 3.85. The highest BCUT2D eigenvalue weighted by molar-refractivity contribution is 5.95. The first-order chi connectivity index (χ1) is 12.6. The maximum atomic E-state index is 12.6. The third kappa shape index (κ3) is 3.72. The molecule has 0 fully saturated rings. The molecule has 0 bridgehead atoms. The van der Waals surface area contributed by atoms with Gasteiger partial charge in [-0.1, -0.05) is 35.5 Å². The Morgan fingerprint density at radius 2 is 2.12 bits per heavy atom. The smallest absolute Gasteiger partial charge is 0.338 e. The number of aliphatic hydroxyl groups is 1. The predicted octanol–water partition coefficient (Wildman–Crippen LogP) is 0.642. The van der Waals surface area contributed by atoms with E-state index < -0.39 is 18.0 Å². The highest BCUT2D eigenvalue weighted by Crippen LogP contribution is 2.28. The molecule has 1 aliphatic heterocycles. The molecule has 0 spiro atoms. The minimum atomic E-state index is -0.639. The Labute approximate surface area is 149 Å². The number of nitrogens with one attached hydrogen (secondary N) is 2. The molecule has 26 heavy (non-hydrogen) atoms. The van der Waals surface area contributed by atoms with Gasteiger partial charge in [-0.05, 0) is 12.5 Å². The van der Waals surface area contributed by atoms with Gasteiger partial charge in [0, 0.05) is 0 Å². The molecule has 2 aromatic rings. The van der Waals surface area contributed by atoms with Gasteiger partial charge in [-0.25, -0.2) is 14.3 Å². The quantitative estimate of drug-likeness (QED) is 0.653. The molecule has 0 aliphatic carbocycles. The Kier molecular flexibility index (Phi) is 5.28. The Hall–Kier alpha value is -3.20. The average Bonchev–Trinajstić information content (AvgIpc) is 3.09. The van der Waals surface area contributed by atoms with E-state index in [1.807, 2.05) is 30.3 Å². The van der Waals surface area contributed by atoms with Gasteiger partial charge in [-0.15, -0.1) is 5.10 Å². The number of nitrogens with zero attached hydrogens (tertiary/aromatic N) is 3. The molecule has 1 unspecified atom stereocenters. The molecule has 0 radical (unpaired) electrons. The minimum Gasteiger partial charge on any atom is -0.463 e. The zero-order valence-electron chi connectivity index (χ0n) is 14.2. The van der Waals surface area contributed by atoms with Crippen LogP contribution in [0, 0.1) is 0 Å². The van der Waals surface area contributed by atoms with Crippen LogP contribution in [0.5, 0.6) is 0 Å². The Morgan fingerprint density at radius 3 is 2.77 bits per heavy atom. The molecule has 1 aliphatic rings. The number of allylic oxidation sites excluding steroid dienone is 1. The van der Waals surface area contributed by atoms with E-state index in [9.17, 15) is 9.59 Å². The summed E-state index contributed by atoms with van der Waals surface area (Å²) < 4.78 is 6.63. The van der Waals surface area contributed by atoms with Crippen molar-refractivity contribution < 1.29 is 19.4 Å². The molecule has 1 aromatic heterocycles. The Balaban J connectivity index is 2.03. The van der Waals surface area contributed by atoms with Crippen molar-refractivity contribution in [2.45, 2.75) is 26.1 Å². The van der Waals surface area contributed by atoms with Gasteiger partial charge in [0.15, 0.2) is 0 Å². The number of aromatic nitrogens is 3. The van der Waals surface area contributed by atoms with E-state index in [1.54, 1.807) is 13.1 Å². The first-order valence-electron chi connectivity index (χ1n) is 8.14. The molecule has 0 saturated heterocycles. The lowest BCUT2D eigenvalue weighted by molar-refractivity contribution is -0.139. The van der Waals surface area contributed by atoms with Crippen molar-refractivity contribution in [3.05, 3.63) is 59.1 Å². The lowest BCUT2D eigenvalue weighted by Crippen LogP contribution is -2.46. The normalized spacial score (nSPS) is 16.8. The fourth-order valence-corrected chi connectivity index (χ4v) is 2.74. The number of urea groups is 1. The first-order valence-corrected chi connectivity index (χ1v) is 8.14. The minimum absolute atomic E-state index is 0.109. The van der Waals surface area contributed by atoms with Crippen LogP contribution in [0.25, 0.3) is 0 Å². The molecule has 3 N–H and O–H groups in total. The average molecular weight is 357 g/mol. The number of ether oxygens (including phenoxy) is 1. The number of carbonyl (C=O) groups is 2. The van der Waals surface area contributed by atoms with Crippen molar-refractivity contribution in [3.8, 4) is 0 Å². The molecule has 1 aromatic carbocycles. The highest BCUT2D eigenvalue weighted by atomic mass is 16.5. The van der Waals surface area contributed by atoms with Crippen molar-refractivity contribution in [2.75, 3.05) is 6.61 Å². The molecule has 3 rings (SSSR count). The summed E-state index contributed by atoms with van der Waals surface area (Å²) in [5.74, 6) is -0.522. The molecule has 2 heterocycles. The van der Waals surface area contributed by atoms with Gasteiger partial charge < -0.3 is 20.5 Å². The molecule has 0 saturated carbocycles. The topological polar surface area (TPSA) is 118 Å². The zero-order valence-corrected chi connectivity index (χ0v) is 14.2. The fraction of sp³-hybridized carbons (Fsp3) is 0.294. The van der Waals surface area contributed by atoms with Crippen molar-refractivity contribution in [3.63, 3.8) is 0 Å². The van der Waals surface area contributed by atoms with Gasteiger partial charge in [0.25, 0.3) is 0 Å². The van der Waals surface area contributed by atoms with E-state index in [0.29, 0.717) is 17.0 Å². The van der Waals surface area contributed by atoms with Crippen LogP contribution in [0.4, 0.5) is 4.79 Å². The SMILES string of the molecule is CCOC(=O)C1=C(Cn2cc(CO)nn2)NC(=O)NC1c1ccccc1. The van der Waals surface area contributed by atoms with Crippen LogP contribution < -0.4 is 10.6 Å². The van der Waals surface area contributed by atoms with E-state index in [2.05, 4.69) is 20.9 Å². The molecule has 9 heteroatoms. The lowest BCUT2D eigenvalue weighted by Gasteiger charge is -2.29. The summed E-state index contributed by atoms with van der Waals surface area (Å²) in [4.78, 5) is 24.7. The first kappa shape index (κ1) is 17.6. The molecule has 9 nitrogen and oxygen atoms in total. The van der Waals surface area contributed by atoms with Gasteiger partial charge in [-0.2, -0.15) is 0 Å². The fourth-order valence-electron chi connectivity index (χ4n) is 2.74. The maximum absolute atomic E-state index is 12.6. The van der Waals surface area contributed by atoms with E-state index in [0.717, 1.165) is 5.56 Å². The van der Waals surface area contributed by atoms with Crippen molar-refractivity contribution >= 4 is 12.0 Å². The second-order valence-electron chi connectivity index (χ2n) is 5.62. The number of hydrogen-bond acceptors (Lipinski definition) is 6. The van der Waals surface area contributed by atoms with Crippen molar-refractivity contribution in [2.24, 2.45) is 0 Å². The summed E-state index contributed by atoms with van der Waals surface area (Å²) in [7, 11) is 0. The molecular weight excluding hydrogens is 338 g/mol. The van der Waals surface area contributed by atoms with Crippen LogP contribution >= 0.6 is 0 Å². The summed E-state index contributed by atoms with van der Waals surface area (Å²) in [6.07, 6.45) is 1.54. The van der Waals surface area contributed by atoms with Gasteiger partial charge in [0.05, 0.1) is 43.3 Å².